The average molecular weight is 250 g/mol. The molecular weight excluding hydrogens is 232 g/mol. The first-order chi connectivity index (χ1) is 8.84. The van der Waals surface area contributed by atoms with E-state index < -0.39 is 0 Å². The van der Waals surface area contributed by atoms with Crippen molar-refractivity contribution in [3.05, 3.63) is 17.0 Å². The van der Waals surface area contributed by atoms with Gasteiger partial charge in [-0.25, -0.2) is 5.01 Å². The third-order valence-corrected chi connectivity index (χ3v) is 3.53. The number of piperidine rings is 1. The number of rotatable bonds is 2. The normalized spacial score (nSPS) is 20.4. The largest absolute Gasteiger partial charge is 0.376 e. The third kappa shape index (κ3) is 2.26. The highest BCUT2D eigenvalue weighted by Gasteiger charge is 2.23. The molecule has 1 aromatic heterocycles. The molecule has 2 aliphatic rings. The molecule has 0 aromatic carbocycles. The van der Waals surface area contributed by atoms with E-state index in [1.54, 1.807) is 0 Å². The topological polar surface area (TPSA) is 70.2 Å². The second-order valence-electron chi connectivity index (χ2n) is 4.82. The summed E-state index contributed by atoms with van der Waals surface area (Å²) in [6.45, 7) is 3.03. The lowest BCUT2D eigenvalue weighted by atomic mass is 10.1. The van der Waals surface area contributed by atoms with Gasteiger partial charge in [0.05, 0.1) is 13.2 Å². The second-order valence-corrected chi connectivity index (χ2v) is 4.82. The molecule has 3 heterocycles. The van der Waals surface area contributed by atoms with Crippen LogP contribution in [0.15, 0.2) is 0 Å². The van der Waals surface area contributed by atoms with Crippen molar-refractivity contribution in [3.8, 4) is 0 Å². The first kappa shape index (κ1) is 11.7. The van der Waals surface area contributed by atoms with Gasteiger partial charge in [0.15, 0.2) is 5.69 Å². The summed E-state index contributed by atoms with van der Waals surface area (Å²) in [5.74, 6) is -0.125. The Hall–Kier alpha value is -1.40. The van der Waals surface area contributed by atoms with Gasteiger partial charge in [0.25, 0.3) is 5.91 Å². The van der Waals surface area contributed by atoms with Gasteiger partial charge >= 0.3 is 0 Å². The zero-order valence-electron chi connectivity index (χ0n) is 10.4. The number of hydrazine groups is 1. The highest BCUT2D eigenvalue weighted by atomic mass is 16.5. The summed E-state index contributed by atoms with van der Waals surface area (Å²) in [7, 11) is 0. The number of carbonyl (C=O) groups is 1. The van der Waals surface area contributed by atoms with Crippen LogP contribution in [0.25, 0.3) is 0 Å². The van der Waals surface area contributed by atoms with Crippen molar-refractivity contribution in [2.45, 2.75) is 32.3 Å². The molecule has 0 bridgehead atoms. The lowest BCUT2D eigenvalue weighted by Crippen LogP contribution is -2.45. The van der Waals surface area contributed by atoms with E-state index in [2.05, 4.69) is 15.6 Å². The zero-order chi connectivity index (χ0) is 12.4. The maximum absolute atomic E-state index is 12.2. The molecule has 0 atom stereocenters. The molecule has 1 fully saturated rings. The molecule has 0 radical (unpaired) electrons. The fourth-order valence-corrected chi connectivity index (χ4v) is 2.50. The zero-order valence-corrected chi connectivity index (χ0v) is 10.4. The van der Waals surface area contributed by atoms with Crippen LogP contribution >= 0.6 is 0 Å². The van der Waals surface area contributed by atoms with Gasteiger partial charge in [0.1, 0.15) is 0 Å². The lowest BCUT2D eigenvalue weighted by Gasteiger charge is -2.26. The number of hydrogen-bond donors (Lipinski definition) is 2. The predicted molar refractivity (Wildman–Crippen MR) is 64.8 cm³/mol. The number of hydrogen-bond acceptors (Lipinski definition) is 4. The summed E-state index contributed by atoms with van der Waals surface area (Å²) in [6, 6.07) is 0. The average Bonchev–Trinajstić information content (AvgIpc) is 2.84. The number of nitrogens with one attached hydrogen (secondary N) is 2. The molecular formula is C12H18N4O2. The van der Waals surface area contributed by atoms with Crippen LogP contribution in [0.1, 0.15) is 41.0 Å². The van der Waals surface area contributed by atoms with E-state index >= 15 is 0 Å². The number of fused-ring (bicyclic) bond motifs is 1. The molecule has 6 nitrogen and oxygen atoms in total. The Morgan fingerprint density at radius 1 is 1.33 bits per heavy atom. The molecule has 2 aliphatic heterocycles. The molecule has 0 saturated carbocycles. The first-order valence-corrected chi connectivity index (χ1v) is 6.54. The molecule has 18 heavy (non-hydrogen) atoms. The summed E-state index contributed by atoms with van der Waals surface area (Å²) in [6.07, 6.45) is 4.33. The smallest absolute Gasteiger partial charge is 0.286 e. The second kappa shape index (κ2) is 5.07. The molecule has 98 valence electrons. The summed E-state index contributed by atoms with van der Waals surface area (Å²) in [5.41, 5.74) is 5.35. The highest BCUT2D eigenvalue weighted by Crippen LogP contribution is 2.18. The van der Waals surface area contributed by atoms with Crippen LogP contribution in [0, 0.1) is 0 Å². The summed E-state index contributed by atoms with van der Waals surface area (Å²) in [5, 5.41) is 9.04. The minimum absolute atomic E-state index is 0.125. The molecule has 1 amide bonds. The monoisotopic (exact) mass is 250 g/mol. The standard InChI is InChI=1S/C12H18N4O2/c17-12(15-16-5-2-1-3-6-16)11-9-8-18-7-4-10(9)13-14-11/h1-8H2,(H,13,14)(H,15,17). The van der Waals surface area contributed by atoms with Crippen molar-refractivity contribution in [3.63, 3.8) is 0 Å². The summed E-state index contributed by atoms with van der Waals surface area (Å²) in [4.78, 5) is 12.2. The van der Waals surface area contributed by atoms with Crippen molar-refractivity contribution >= 4 is 5.91 Å². The van der Waals surface area contributed by atoms with Crippen LogP contribution in [0.5, 0.6) is 0 Å². The van der Waals surface area contributed by atoms with Gasteiger partial charge in [0, 0.05) is 30.8 Å². The van der Waals surface area contributed by atoms with E-state index in [-0.39, 0.29) is 5.91 Å². The van der Waals surface area contributed by atoms with Gasteiger partial charge in [-0.2, -0.15) is 5.10 Å². The number of carbonyl (C=O) groups excluding carboxylic acids is 1. The quantitative estimate of drug-likeness (QED) is 0.807. The van der Waals surface area contributed by atoms with Crippen LogP contribution in [0.2, 0.25) is 0 Å². The van der Waals surface area contributed by atoms with E-state index in [1.807, 2.05) is 5.01 Å². The van der Waals surface area contributed by atoms with Crippen molar-refractivity contribution in [2.24, 2.45) is 0 Å². The molecule has 2 N–H and O–H groups in total. The van der Waals surface area contributed by atoms with Crippen molar-refractivity contribution in [1.82, 2.24) is 20.6 Å². The Bertz CT molecular complexity index is 437. The van der Waals surface area contributed by atoms with Crippen LogP contribution in [0.4, 0.5) is 0 Å². The molecule has 0 aliphatic carbocycles. The van der Waals surface area contributed by atoms with Crippen molar-refractivity contribution in [2.75, 3.05) is 19.7 Å². The van der Waals surface area contributed by atoms with Crippen molar-refractivity contribution in [1.29, 1.82) is 0 Å². The van der Waals surface area contributed by atoms with Gasteiger partial charge < -0.3 is 4.74 Å². The fourth-order valence-electron chi connectivity index (χ4n) is 2.50. The minimum atomic E-state index is -0.125. The molecule has 3 rings (SSSR count). The minimum Gasteiger partial charge on any atom is -0.376 e. The number of aromatic nitrogens is 2. The van der Waals surface area contributed by atoms with Crippen molar-refractivity contribution < 1.29 is 9.53 Å². The summed E-state index contributed by atoms with van der Waals surface area (Å²) >= 11 is 0. The first-order valence-electron chi connectivity index (χ1n) is 6.54. The maximum atomic E-state index is 12.2. The Morgan fingerprint density at radius 2 is 2.17 bits per heavy atom. The molecule has 0 spiro atoms. The Kier molecular flexibility index (Phi) is 3.29. The Labute approximate surface area is 106 Å². The molecule has 1 aromatic rings. The molecule has 0 unspecified atom stereocenters. The summed E-state index contributed by atoms with van der Waals surface area (Å²) < 4.78 is 5.38. The van der Waals surface area contributed by atoms with Crippen LogP contribution in [-0.2, 0) is 17.8 Å². The van der Waals surface area contributed by atoms with Gasteiger partial charge in [0.2, 0.25) is 0 Å². The van der Waals surface area contributed by atoms with Crippen LogP contribution < -0.4 is 5.43 Å². The number of H-pyrrole nitrogens is 1. The fraction of sp³-hybridized carbons (Fsp3) is 0.667. The van der Waals surface area contributed by atoms with E-state index in [4.69, 9.17) is 4.74 Å². The number of nitrogens with zero attached hydrogens (tertiary/aromatic N) is 2. The Morgan fingerprint density at radius 3 is 3.00 bits per heavy atom. The molecule has 6 heteroatoms. The number of ether oxygens (including phenoxy) is 1. The van der Waals surface area contributed by atoms with Gasteiger partial charge in [-0.3, -0.25) is 15.3 Å². The van der Waals surface area contributed by atoms with E-state index in [0.717, 1.165) is 43.6 Å². The lowest BCUT2D eigenvalue weighted by molar-refractivity contribution is 0.0732. The van der Waals surface area contributed by atoms with E-state index in [9.17, 15) is 4.79 Å². The van der Waals surface area contributed by atoms with Gasteiger partial charge in [-0.15, -0.1) is 0 Å². The highest BCUT2D eigenvalue weighted by molar-refractivity contribution is 5.93. The third-order valence-electron chi connectivity index (χ3n) is 3.53. The van der Waals surface area contributed by atoms with Crippen LogP contribution in [-0.4, -0.2) is 40.8 Å². The SMILES string of the molecule is O=C(NN1CCCCC1)c1n[nH]c2c1COCC2. The number of aromatic amines is 1. The van der Waals surface area contributed by atoms with Gasteiger partial charge in [-0.1, -0.05) is 6.42 Å². The van der Waals surface area contributed by atoms with Crippen LogP contribution in [0.3, 0.4) is 0 Å². The van der Waals surface area contributed by atoms with E-state index in [1.165, 1.54) is 6.42 Å². The Balaban J connectivity index is 1.70. The van der Waals surface area contributed by atoms with E-state index in [0.29, 0.717) is 18.9 Å². The molecule has 1 saturated heterocycles. The van der Waals surface area contributed by atoms with Gasteiger partial charge in [-0.05, 0) is 12.8 Å². The predicted octanol–water partition coefficient (Wildman–Crippen LogP) is 0.613. The maximum Gasteiger partial charge on any atom is 0.286 e. The number of amides is 1.